The molecule has 0 aromatic carbocycles. The molecule has 3 rings (SSSR count). The number of hydrogen-bond acceptors (Lipinski definition) is 6. The fourth-order valence-corrected chi connectivity index (χ4v) is 3.84. The Morgan fingerprint density at radius 1 is 1.32 bits per heavy atom. The van der Waals surface area contributed by atoms with Gasteiger partial charge in [0.1, 0.15) is 5.01 Å². The van der Waals surface area contributed by atoms with E-state index in [9.17, 15) is 4.79 Å². The van der Waals surface area contributed by atoms with Crippen LogP contribution >= 0.6 is 11.3 Å². The number of amides is 2. The highest BCUT2D eigenvalue weighted by atomic mass is 32.1. The van der Waals surface area contributed by atoms with Crippen LogP contribution in [0.2, 0.25) is 0 Å². The fourth-order valence-electron chi connectivity index (χ4n) is 2.94. The number of nitrogens with zero attached hydrogens (tertiary/aromatic N) is 2. The molecule has 0 aliphatic carbocycles. The molecule has 0 saturated carbocycles. The van der Waals surface area contributed by atoms with Gasteiger partial charge >= 0.3 is 6.03 Å². The van der Waals surface area contributed by atoms with Crippen LogP contribution in [-0.2, 0) is 4.74 Å². The van der Waals surface area contributed by atoms with Crippen molar-refractivity contribution < 1.29 is 9.53 Å². The molecule has 2 unspecified atom stereocenters. The Bertz CT molecular complexity index is 503. The largest absolute Gasteiger partial charge is 0.381 e. The Kier molecular flexibility index (Phi) is 5.22. The lowest BCUT2D eigenvalue weighted by Crippen LogP contribution is -2.52. The minimum atomic E-state index is -0.199. The molecular formula is C14H23N5O2S. The molecule has 3 heterocycles. The molecule has 1 aromatic rings. The highest BCUT2D eigenvalue weighted by Gasteiger charge is 2.24. The molecule has 2 aliphatic rings. The summed E-state index contributed by atoms with van der Waals surface area (Å²) in [5.74, 6) is 0.410. The van der Waals surface area contributed by atoms with E-state index in [0.29, 0.717) is 17.1 Å². The first-order chi connectivity index (χ1) is 10.7. The van der Waals surface area contributed by atoms with Crippen LogP contribution in [0.4, 0.5) is 9.93 Å². The second-order valence-electron chi connectivity index (χ2n) is 5.92. The summed E-state index contributed by atoms with van der Waals surface area (Å²) in [4.78, 5) is 12.1. The number of nitrogens with one attached hydrogen (secondary N) is 3. The van der Waals surface area contributed by atoms with Crippen LogP contribution in [0.5, 0.6) is 0 Å². The Hall–Kier alpha value is -1.25. The first-order valence-corrected chi connectivity index (χ1v) is 8.76. The lowest BCUT2D eigenvalue weighted by atomic mass is 10.0. The van der Waals surface area contributed by atoms with Crippen molar-refractivity contribution >= 4 is 22.5 Å². The summed E-state index contributed by atoms with van der Waals surface area (Å²) in [6, 6.07) is 0.263. The van der Waals surface area contributed by atoms with Gasteiger partial charge in [-0.2, -0.15) is 0 Å². The zero-order valence-electron chi connectivity index (χ0n) is 12.8. The maximum absolute atomic E-state index is 12.1. The second-order valence-corrected chi connectivity index (χ2v) is 6.93. The van der Waals surface area contributed by atoms with E-state index >= 15 is 0 Å². The third kappa shape index (κ3) is 3.93. The highest BCUT2D eigenvalue weighted by Crippen LogP contribution is 2.30. The third-order valence-electron chi connectivity index (χ3n) is 4.31. The van der Waals surface area contributed by atoms with Crippen molar-refractivity contribution in [3.05, 3.63) is 5.01 Å². The Morgan fingerprint density at radius 2 is 2.14 bits per heavy atom. The fraction of sp³-hybridized carbons (Fsp3) is 0.786. The van der Waals surface area contributed by atoms with E-state index in [2.05, 4.69) is 33.1 Å². The van der Waals surface area contributed by atoms with E-state index in [1.165, 1.54) is 11.3 Å². The maximum Gasteiger partial charge on any atom is 0.321 e. The second kappa shape index (κ2) is 7.34. The van der Waals surface area contributed by atoms with Crippen molar-refractivity contribution in [2.45, 2.75) is 50.6 Å². The number of carbonyl (C=O) groups excluding carboxylic acids is 1. The minimum absolute atomic E-state index is 0.164. The quantitative estimate of drug-likeness (QED) is 0.787. The van der Waals surface area contributed by atoms with E-state index in [0.717, 1.165) is 50.4 Å². The third-order valence-corrected chi connectivity index (χ3v) is 5.31. The molecule has 1 aromatic heterocycles. The van der Waals surface area contributed by atoms with E-state index < -0.39 is 0 Å². The normalized spacial score (nSPS) is 26.6. The molecule has 3 N–H and O–H groups in total. The number of aromatic nitrogens is 2. The molecule has 8 heteroatoms. The molecule has 2 fully saturated rings. The predicted molar refractivity (Wildman–Crippen MR) is 85.3 cm³/mol. The van der Waals surface area contributed by atoms with Crippen LogP contribution in [0.25, 0.3) is 0 Å². The molecule has 2 aliphatic heterocycles. The van der Waals surface area contributed by atoms with Crippen molar-refractivity contribution in [3.8, 4) is 0 Å². The van der Waals surface area contributed by atoms with Gasteiger partial charge < -0.3 is 15.4 Å². The van der Waals surface area contributed by atoms with Gasteiger partial charge in [0.15, 0.2) is 0 Å². The number of hydrogen-bond donors (Lipinski definition) is 3. The number of carbonyl (C=O) groups is 1. The van der Waals surface area contributed by atoms with Crippen LogP contribution in [0.1, 0.15) is 43.5 Å². The number of anilines is 1. The van der Waals surface area contributed by atoms with Gasteiger partial charge in [0.05, 0.1) is 0 Å². The van der Waals surface area contributed by atoms with Crippen molar-refractivity contribution in [3.63, 3.8) is 0 Å². The van der Waals surface area contributed by atoms with Gasteiger partial charge in [0.25, 0.3) is 0 Å². The van der Waals surface area contributed by atoms with Crippen molar-refractivity contribution in [1.82, 2.24) is 20.8 Å². The van der Waals surface area contributed by atoms with Gasteiger partial charge in [-0.25, -0.2) is 4.79 Å². The zero-order valence-corrected chi connectivity index (χ0v) is 13.6. The predicted octanol–water partition coefficient (Wildman–Crippen LogP) is 1.69. The van der Waals surface area contributed by atoms with E-state index in [1.54, 1.807) is 0 Å². The molecular weight excluding hydrogens is 302 g/mol. The Morgan fingerprint density at radius 3 is 2.91 bits per heavy atom. The standard InChI is InChI=1S/C14H23N5O2S/c1-9-11(3-2-6-15-9)16-13(20)17-14-19-18-12(22-14)10-4-7-21-8-5-10/h9-11,15H,2-8H2,1H3,(H2,16,17,19,20). The van der Waals surface area contributed by atoms with Gasteiger partial charge in [0, 0.05) is 31.2 Å². The first kappa shape index (κ1) is 15.6. The van der Waals surface area contributed by atoms with Crippen LogP contribution in [-0.4, -0.2) is 48.1 Å². The number of rotatable bonds is 3. The summed E-state index contributed by atoms with van der Waals surface area (Å²) >= 11 is 1.47. The summed E-state index contributed by atoms with van der Waals surface area (Å²) in [7, 11) is 0. The average Bonchev–Trinajstić information content (AvgIpc) is 2.99. The number of urea groups is 1. The maximum atomic E-state index is 12.1. The van der Waals surface area contributed by atoms with Crippen LogP contribution < -0.4 is 16.0 Å². The summed E-state index contributed by atoms with van der Waals surface area (Å²) in [6.07, 6.45) is 4.05. The molecule has 2 amide bonds. The Labute approximate surface area is 134 Å². The smallest absolute Gasteiger partial charge is 0.321 e. The van der Waals surface area contributed by atoms with Crippen molar-refractivity contribution in [2.75, 3.05) is 25.1 Å². The highest BCUT2D eigenvalue weighted by molar-refractivity contribution is 7.15. The van der Waals surface area contributed by atoms with Crippen molar-refractivity contribution in [1.29, 1.82) is 0 Å². The molecule has 2 atom stereocenters. The van der Waals surface area contributed by atoms with Gasteiger partial charge in [0.2, 0.25) is 5.13 Å². The molecule has 22 heavy (non-hydrogen) atoms. The minimum Gasteiger partial charge on any atom is -0.381 e. The van der Waals surface area contributed by atoms with Crippen LogP contribution in [0, 0.1) is 0 Å². The van der Waals surface area contributed by atoms with Gasteiger partial charge in [-0.15, -0.1) is 10.2 Å². The van der Waals surface area contributed by atoms with E-state index in [-0.39, 0.29) is 12.1 Å². The summed E-state index contributed by atoms with van der Waals surface area (Å²) < 4.78 is 5.36. The topological polar surface area (TPSA) is 88.2 Å². The molecule has 7 nitrogen and oxygen atoms in total. The monoisotopic (exact) mass is 325 g/mol. The summed E-state index contributed by atoms with van der Waals surface area (Å²) in [5.41, 5.74) is 0. The van der Waals surface area contributed by atoms with E-state index in [1.807, 2.05) is 0 Å². The summed E-state index contributed by atoms with van der Waals surface area (Å²) in [5, 5.41) is 19.0. The zero-order chi connectivity index (χ0) is 15.4. The van der Waals surface area contributed by atoms with Gasteiger partial charge in [-0.3, -0.25) is 5.32 Å². The number of piperidine rings is 1. The molecule has 0 bridgehead atoms. The molecule has 122 valence electrons. The number of ether oxygens (including phenoxy) is 1. The lowest BCUT2D eigenvalue weighted by Gasteiger charge is -2.30. The van der Waals surface area contributed by atoms with Crippen LogP contribution in [0.3, 0.4) is 0 Å². The first-order valence-electron chi connectivity index (χ1n) is 7.94. The average molecular weight is 325 g/mol. The van der Waals surface area contributed by atoms with Gasteiger partial charge in [-0.05, 0) is 39.2 Å². The molecule has 0 radical (unpaired) electrons. The SMILES string of the molecule is CC1NCCCC1NC(=O)Nc1nnc(C2CCOCC2)s1. The Balaban J connectivity index is 1.52. The lowest BCUT2D eigenvalue weighted by molar-refractivity contribution is 0.0851. The summed E-state index contributed by atoms with van der Waals surface area (Å²) in [6.45, 7) is 4.67. The molecule has 0 spiro atoms. The molecule has 2 saturated heterocycles. The van der Waals surface area contributed by atoms with Crippen LogP contribution in [0.15, 0.2) is 0 Å². The van der Waals surface area contributed by atoms with Crippen molar-refractivity contribution in [2.24, 2.45) is 0 Å². The van der Waals surface area contributed by atoms with Gasteiger partial charge in [-0.1, -0.05) is 11.3 Å². The van der Waals surface area contributed by atoms with E-state index in [4.69, 9.17) is 4.74 Å².